The zero-order valence-corrected chi connectivity index (χ0v) is 19.1. The van der Waals surface area contributed by atoms with Crippen LogP contribution in [0.5, 0.6) is 0 Å². The van der Waals surface area contributed by atoms with E-state index in [1.165, 1.54) is 0 Å². The summed E-state index contributed by atoms with van der Waals surface area (Å²) in [5, 5.41) is 2.88. The molecule has 3 aromatic rings. The van der Waals surface area contributed by atoms with Crippen molar-refractivity contribution in [2.75, 3.05) is 18.0 Å². The highest BCUT2D eigenvalue weighted by atomic mass is 16.2. The number of benzene rings is 3. The lowest BCUT2D eigenvalue weighted by Gasteiger charge is -2.27. The van der Waals surface area contributed by atoms with Crippen LogP contribution in [0.4, 0.5) is 10.5 Å². The van der Waals surface area contributed by atoms with Crippen LogP contribution in [0.1, 0.15) is 34.3 Å². The maximum Gasteiger partial charge on any atom is 0.325 e. The van der Waals surface area contributed by atoms with E-state index >= 15 is 0 Å². The maximum atomic E-state index is 13.8. The van der Waals surface area contributed by atoms with E-state index in [2.05, 4.69) is 5.32 Å². The zero-order valence-electron chi connectivity index (χ0n) is 19.1. The van der Waals surface area contributed by atoms with Crippen molar-refractivity contribution in [3.63, 3.8) is 0 Å². The molecule has 0 unspecified atom stereocenters. The average molecular weight is 468 g/mol. The van der Waals surface area contributed by atoms with Crippen molar-refractivity contribution >= 4 is 29.3 Å². The molecule has 1 N–H and O–H groups in total. The minimum atomic E-state index is -1.30. The summed E-state index contributed by atoms with van der Waals surface area (Å²) in [4.78, 5) is 54.7. The zero-order chi connectivity index (χ0) is 24.4. The molecule has 4 amide bonds. The van der Waals surface area contributed by atoms with Crippen molar-refractivity contribution < 1.29 is 19.2 Å². The molecule has 2 saturated heterocycles. The first-order chi connectivity index (χ1) is 17.0. The molecule has 2 fully saturated rings. The van der Waals surface area contributed by atoms with Crippen molar-refractivity contribution in [3.8, 4) is 0 Å². The first-order valence-electron chi connectivity index (χ1n) is 11.7. The molecule has 0 radical (unpaired) electrons. The van der Waals surface area contributed by atoms with E-state index in [0.29, 0.717) is 29.8 Å². The van der Waals surface area contributed by atoms with Gasteiger partial charge in [0.25, 0.3) is 5.91 Å². The van der Waals surface area contributed by atoms with Crippen LogP contribution in [0, 0.1) is 0 Å². The molecule has 176 valence electrons. The molecule has 0 bridgehead atoms. The minimum absolute atomic E-state index is 0.0252. The molecule has 7 nitrogen and oxygen atoms in total. The summed E-state index contributed by atoms with van der Waals surface area (Å²) in [6, 6.07) is 24.8. The summed E-state index contributed by atoms with van der Waals surface area (Å²) in [5.74, 6) is -0.806. The standard InChI is InChI=1S/C28H25N3O4/c32-24(21-11-7-14-23(17-21)30-16-8-15-25(30)33)19-31-26(34)28(29-27(31)35,22-12-5-2-6-13-22)18-20-9-3-1-4-10-20/h1-7,9-14,17H,8,15-16,18-19H2,(H,29,35)/t28-/m1/s1. The topological polar surface area (TPSA) is 86.8 Å². The van der Waals surface area contributed by atoms with E-state index in [9.17, 15) is 19.2 Å². The number of hydrogen-bond acceptors (Lipinski definition) is 4. The summed E-state index contributed by atoms with van der Waals surface area (Å²) >= 11 is 0. The SMILES string of the molecule is O=C(CN1C(=O)N[C@](Cc2ccccc2)(c2ccccc2)C1=O)c1cccc(N2CCCC2=O)c1. The fraction of sp³-hybridized carbons (Fsp3) is 0.214. The van der Waals surface area contributed by atoms with Gasteiger partial charge in [-0.15, -0.1) is 0 Å². The second-order valence-electron chi connectivity index (χ2n) is 8.88. The molecule has 2 aliphatic rings. The first kappa shape index (κ1) is 22.5. The largest absolute Gasteiger partial charge is 0.325 e. The van der Waals surface area contributed by atoms with Gasteiger partial charge in [0.15, 0.2) is 11.3 Å². The number of hydrogen-bond donors (Lipinski definition) is 1. The Kier molecular flexibility index (Phi) is 5.91. The van der Waals surface area contributed by atoms with Gasteiger partial charge in [-0.2, -0.15) is 0 Å². The van der Waals surface area contributed by atoms with Crippen LogP contribution in [0.2, 0.25) is 0 Å². The average Bonchev–Trinajstić information content (AvgIpc) is 3.42. The van der Waals surface area contributed by atoms with Gasteiger partial charge in [0.2, 0.25) is 5.91 Å². The van der Waals surface area contributed by atoms with Crippen LogP contribution in [0.25, 0.3) is 0 Å². The Hall–Kier alpha value is -4.26. The van der Waals surface area contributed by atoms with Crippen molar-refractivity contribution in [3.05, 3.63) is 102 Å². The number of Topliss-reactive ketones (excluding diaryl/α,β-unsaturated/α-hetero) is 1. The molecular formula is C28H25N3O4. The molecule has 35 heavy (non-hydrogen) atoms. The van der Waals surface area contributed by atoms with Crippen molar-refractivity contribution in [2.24, 2.45) is 0 Å². The Bertz CT molecular complexity index is 1290. The van der Waals surface area contributed by atoms with Gasteiger partial charge in [0.05, 0.1) is 6.54 Å². The molecule has 5 rings (SSSR count). The van der Waals surface area contributed by atoms with Gasteiger partial charge in [-0.25, -0.2) is 4.79 Å². The Morgan fingerprint density at radius 2 is 1.60 bits per heavy atom. The second kappa shape index (κ2) is 9.18. The number of ketones is 1. The van der Waals surface area contributed by atoms with Crippen LogP contribution >= 0.6 is 0 Å². The lowest BCUT2D eigenvalue weighted by atomic mass is 9.83. The van der Waals surface area contributed by atoms with Crippen LogP contribution in [-0.2, 0) is 21.5 Å². The Labute approximate surface area is 203 Å². The summed E-state index contributed by atoms with van der Waals surface area (Å²) in [6.07, 6.45) is 1.53. The van der Waals surface area contributed by atoms with Gasteiger partial charge in [0, 0.05) is 30.6 Å². The van der Waals surface area contributed by atoms with E-state index < -0.39 is 17.5 Å². The molecule has 2 aliphatic heterocycles. The number of nitrogens with one attached hydrogen (secondary N) is 1. The smallest absolute Gasteiger partial charge is 0.319 e. The first-order valence-corrected chi connectivity index (χ1v) is 11.7. The highest BCUT2D eigenvalue weighted by Crippen LogP contribution is 2.33. The van der Waals surface area contributed by atoms with Crippen molar-refractivity contribution in [2.45, 2.75) is 24.8 Å². The van der Waals surface area contributed by atoms with Crippen LogP contribution in [0.3, 0.4) is 0 Å². The Balaban J connectivity index is 1.42. The fourth-order valence-corrected chi connectivity index (χ4v) is 4.82. The summed E-state index contributed by atoms with van der Waals surface area (Å²) in [7, 11) is 0. The van der Waals surface area contributed by atoms with Gasteiger partial charge in [-0.3, -0.25) is 19.3 Å². The highest BCUT2D eigenvalue weighted by Gasteiger charge is 2.52. The quantitative estimate of drug-likeness (QED) is 0.424. The number of nitrogens with zero attached hydrogens (tertiary/aromatic N) is 2. The summed E-state index contributed by atoms with van der Waals surface area (Å²) in [6.45, 7) is 0.230. The predicted octanol–water partition coefficient (Wildman–Crippen LogP) is 3.69. The molecule has 0 aliphatic carbocycles. The highest BCUT2D eigenvalue weighted by molar-refractivity contribution is 6.12. The van der Waals surface area contributed by atoms with E-state index in [-0.39, 0.29) is 24.7 Å². The van der Waals surface area contributed by atoms with Crippen LogP contribution < -0.4 is 10.2 Å². The molecule has 7 heteroatoms. The number of carbonyl (C=O) groups excluding carboxylic acids is 4. The lowest BCUT2D eigenvalue weighted by molar-refractivity contribution is -0.131. The fourth-order valence-electron chi connectivity index (χ4n) is 4.82. The van der Waals surface area contributed by atoms with Gasteiger partial charge >= 0.3 is 6.03 Å². The number of carbonyl (C=O) groups is 4. The van der Waals surface area contributed by atoms with E-state index in [4.69, 9.17) is 0 Å². The summed E-state index contributed by atoms with van der Waals surface area (Å²) < 4.78 is 0. The lowest BCUT2D eigenvalue weighted by Crippen LogP contribution is -2.46. The third-order valence-electron chi connectivity index (χ3n) is 6.61. The Morgan fingerprint density at radius 1 is 0.886 bits per heavy atom. The molecule has 0 aromatic heterocycles. The molecule has 2 heterocycles. The third-order valence-corrected chi connectivity index (χ3v) is 6.61. The second-order valence-corrected chi connectivity index (χ2v) is 8.88. The molecule has 3 aromatic carbocycles. The van der Waals surface area contributed by atoms with Gasteiger partial charge in [0.1, 0.15) is 0 Å². The molecule has 0 spiro atoms. The number of urea groups is 1. The molecule has 0 saturated carbocycles. The van der Waals surface area contributed by atoms with Crippen LogP contribution in [-0.4, -0.2) is 41.6 Å². The molecule has 1 atom stereocenters. The van der Waals surface area contributed by atoms with Crippen LogP contribution in [0.15, 0.2) is 84.9 Å². The Morgan fingerprint density at radius 3 is 2.29 bits per heavy atom. The monoisotopic (exact) mass is 467 g/mol. The number of anilines is 1. The van der Waals surface area contributed by atoms with Gasteiger partial charge in [-0.05, 0) is 29.7 Å². The predicted molar refractivity (Wildman–Crippen MR) is 131 cm³/mol. The minimum Gasteiger partial charge on any atom is -0.319 e. The third kappa shape index (κ3) is 4.21. The van der Waals surface area contributed by atoms with Crippen molar-refractivity contribution in [1.29, 1.82) is 0 Å². The van der Waals surface area contributed by atoms with Crippen molar-refractivity contribution in [1.82, 2.24) is 10.2 Å². The number of imide groups is 1. The number of amides is 4. The van der Waals surface area contributed by atoms with E-state index in [1.54, 1.807) is 29.2 Å². The molecular weight excluding hydrogens is 442 g/mol. The van der Waals surface area contributed by atoms with Gasteiger partial charge < -0.3 is 10.2 Å². The normalized spacial score (nSPS) is 19.8. The van der Waals surface area contributed by atoms with Gasteiger partial charge in [-0.1, -0.05) is 72.8 Å². The number of rotatable bonds is 7. The summed E-state index contributed by atoms with van der Waals surface area (Å²) in [5.41, 5.74) is 1.25. The maximum absolute atomic E-state index is 13.8. The van der Waals surface area contributed by atoms with E-state index in [0.717, 1.165) is 16.9 Å². The van der Waals surface area contributed by atoms with E-state index in [1.807, 2.05) is 60.7 Å².